The van der Waals surface area contributed by atoms with E-state index in [4.69, 9.17) is 9.84 Å². The zero-order valence-electron chi connectivity index (χ0n) is 9.95. The van der Waals surface area contributed by atoms with E-state index in [0.717, 1.165) is 18.2 Å². The SMILES string of the molecule is O=C(O)c1cc(Oc2cccc(F)c2)ccc1[N+](=O)[O-]. The van der Waals surface area contributed by atoms with Gasteiger partial charge in [-0.05, 0) is 18.2 Å². The fourth-order valence-corrected chi connectivity index (χ4v) is 1.58. The number of carboxylic acids is 1. The van der Waals surface area contributed by atoms with Crippen molar-refractivity contribution in [2.24, 2.45) is 0 Å². The molecule has 6 nitrogen and oxygen atoms in total. The van der Waals surface area contributed by atoms with Gasteiger partial charge in [0.2, 0.25) is 0 Å². The molecule has 0 radical (unpaired) electrons. The van der Waals surface area contributed by atoms with Crippen LogP contribution in [0.2, 0.25) is 0 Å². The number of benzene rings is 2. The first-order chi connectivity index (χ1) is 9.47. The van der Waals surface area contributed by atoms with Gasteiger partial charge in [-0.3, -0.25) is 10.1 Å². The summed E-state index contributed by atoms with van der Waals surface area (Å²) in [6.07, 6.45) is 0. The van der Waals surface area contributed by atoms with Crippen molar-refractivity contribution in [3.8, 4) is 11.5 Å². The lowest BCUT2D eigenvalue weighted by Crippen LogP contribution is -2.02. The molecule has 102 valence electrons. The molecule has 0 aliphatic heterocycles. The first kappa shape index (κ1) is 13.5. The Labute approximate surface area is 112 Å². The van der Waals surface area contributed by atoms with E-state index in [9.17, 15) is 19.3 Å². The molecule has 2 rings (SSSR count). The molecule has 0 unspecified atom stereocenters. The van der Waals surface area contributed by atoms with Gasteiger partial charge in [0.05, 0.1) is 4.92 Å². The topological polar surface area (TPSA) is 89.7 Å². The van der Waals surface area contributed by atoms with Crippen molar-refractivity contribution in [2.45, 2.75) is 0 Å². The van der Waals surface area contributed by atoms with Gasteiger partial charge in [-0.1, -0.05) is 6.07 Å². The third-order valence-corrected chi connectivity index (χ3v) is 2.43. The molecule has 0 heterocycles. The van der Waals surface area contributed by atoms with Crippen molar-refractivity contribution in [1.82, 2.24) is 0 Å². The highest BCUT2D eigenvalue weighted by atomic mass is 19.1. The normalized spacial score (nSPS) is 10.1. The molecule has 2 aromatic carbocycles. The summed E-state index contributed by atoms with van der Waals surface area (Å²) in [7, 11) is 0. The standard InChI is InChI=1S/C13H8FNO5/c14-8-2-1-3-9(6-8)20-10-4-5-12(15(18)19)11(7-10)13(16)17/h1-7H,(H,16,17). The maximum Gasteiger partial charge on any atom is 0.342 e. The molecule has 0 saturated heterocycles. The van der Waals surface area contributed by atoms with Gasteiger partial charge < -0.3 is 9.84 Å². The Kier molecular flexibility index (Phi) is 3.60. The van der Waals surface area contributed by atoms with Crippen LogP contribution < -0.4 is 4.74 Å². The average Bonchev–Trinajstić information content (AvgIpc) is 2.38. The highest BCUT2D eigenvalue weighted by Gasteiger charge is 2.20. The van der Waals surface area contributed by atoms with E-state index >= 15 is 0 Å². The minimum atomic E-state index is -1.44. The predicted octanol–water partition coefficient (Wildman–Crippen LogP) is 3.22. The van der Waals surface area contributed by atoms with Crippen molar-refractivity contribution in [3.05, 3.63) is 64.0 Å². The maximum atomic E-state index is 13.0. The highest BCUT2D eigenvalue weighted by molar-refractivity contribution is 5.92. The van der Waals surface area contributed by atoms with Gasteiger partial charge in [0.1, 0.15) is 22.9 Å². The summed E-state index contributed by atoms with van der Waals surface area (Å²) in [5.41, 5.74) is -1.03. The first-order valence-corrected chi connectivity index (χ1v) is 5.42. The Bertz CT molecular complexity index is 686. The second-order valence-corrected chi connectivity index (χ2v) is 3.80. The van der Waals surface area contributed by atoms with E-state index in [2.05, 4.69) is 0 Å². The summed E-state index contributed by atoms with van der Waals surface area (Å²) in [5, 5.41) is 19.6. The summed E-state index contributed by atoms with van der Waals surface area (Å²) in [4.78, 5) is 20.9. The fourth-order valence-electron chi connectivity index (χ4n) is 1.58. The first-order valence-electron chi connectivity index (χ1n) is 5.42. The molecule has 0 fully saturated rings. The summed E-state index contributed by atoms with van der Waals surface area (Å²) < 4.78 is 18.2. The molecule has 0 aliphatic carbocycles. The minimum Gasteiger partial charge on any atom is -0.477 e. The van der Waals surface area contributed by atoms with Crippen LogP contribution in [0.3, 0.4) is 0 Å². The summed E-state index contributed by atoms with van der Waals surface area (Å²) in [5.74, 6) is -1.72. The number of carbonyl (C=O) groups is 1. The van der Waals surface area contributed by atoms with Gasteiger partial charge in [0.15, 0.2) is 0 Å². The van der Waals surface area contributed by atoms with E-state index in [0.29, 0.717) is 0 Å². The van der Waals surface area contributed by atoms with Crippen LogP contribution in [0.4, 0.5) is 10.1 Å². The average molecular weight is 277 g/mol. The molecule has 0 spiro atoms. The Morgan fingerprint density at radius 2 is 1.90 bits per heavy atom. The van der Waals surface area contributed by atoms with E-state index in [1.807, 2.05) is 0 Å². The van der Waals surface area contributed by atoms with Gasteiger partial charge in [-0.2, -0.15) is 0 Å². The lowest BCUT2D eigenvalue weighted by atomic mass is 10.1. The smallest absolute Gasteiger partial charge is 0.342 e. The van der Waals surface area contributed by atoms with Gasteiger partial charge in [0, 0.05) is 18.2 Å². The number of carboxylic acid groups (broad SMARTS) is 1. The van der Waals surface area contributed by atoms with Crippen LogP contribution in [0.15, 0.2) is 42.5 Å². The van der Waals surface area contributed by atoms with Crippen molar-refractivity contribution < 1.29 is 24.0 Å². The largest absolute Gasteiger partial charge is 0.477 e. The van der Waals surface area contributed by atoms with E-state index in [1.165, 1.54) is 24.3 Å². The van der Waals surface area contributed by atoms with Crippen LogP contribution in [0.5, 0.6) is 11.5 Å². The van der Waals surface area contributed by atoms with Crippen LogP contribution in [0.1, 0.15) is 10.4 Å². The Balaban J connectivity index is 2.36. The number of nitro groups is 1. The van der Waals surface area contributed by atoms with E-state index < -0.39 is 28.0 Å². The third-order valence-electron chi connectivity index (χ3n) is 2.43. The molecule has 1 N–H and O–H groups in total. The zero-order chi connectivity index (χ0) is 14.7. The molecule has 2 aromatic rings. The summed E-state index contributed by atoms with van der Waals surface area (Å²) in [6, 6.07) is 8.53. The summed E-state index contributed by atoms with van der Waals surface area (Å²) in [6.45, 7) is 0. The predicted molar refractivity (Wildman–Crippen MR) is 66.5 cm³/mol. The van der Waals surface area contributed by atoms with Gasteiger partial charge >= 0.3 is 5.97 Å². The number of nitrogens with zero attached hydrogens (tertiary/aromatic N) is 1. The minimum absolute atomic E-state index is 0.0681. The van der Waals surface area contributed by atoms with Crippen molar-refractivity contribution in [1.29, 1.82) is 0 Å². The van der Waals surface area contributed by atoms with Crippen molar-refractivity contribution in [3.63, 3.8) is 0 Å². The monoisotopic (exact) mass is 277 g/mol. The number of halogens is 1. The lowest BCUT2D eigenvalue weighted by Gasteiger charge is -2.06. The van der Waals surface area contributed by atoms with Crippen LogP contribution in [-0.2, 0) is 0 Å². The zero-order valence-corrected chi connectivity index (χ0v) is 9.95. The molecule has 0 saturated carbocycles. The van der Waals surface area contributed by atoms with Crippen molar-refractivity contribution in [2.75, 3.05) is 0 Å². The van der Waals surface area contributed by atoms with Gasteiger partial charge in [-0.15, -0.1) is 0 Å². The van der Waals surface area contributed by atoms with Crippen LogP contribution in [0, 0.1) is 15.9 Å². The molecular formula is C13H8FNO5. The lowest BCUT2D eigenvalue weighted by molar-refractivity contribution is -0.385. The second-order valence-electron chi connectivity index (χ2n) is 3.80. The number of hydrogen-bond acceptors (Lipinski definition) is 4. The summed E-state index contributed by atoms with van der Waals surface area (Å²) >= 11 is 0. The molecule has 0 aliphatic rings. The van der Waals surface area contributed by atoms with Crippen LogP contribution in [-0.4, -0.2) is 16.0 Å². The molecule has 0 aromatic heterocycles. The molecule has 7 heteroatoms. The Hall–Kier alpha value is -2.96. The molecule has 0 bridgehead atoms. The van der Waals surface area contributed by atoms with Gasteiger partial charge in [0.25, 0.3) is 5.69 Å². The Morgan fingerprint density at radius 1 is 1.20 bits per heavy atom. The van der Waals surface area contributed by atoms with E-state index in [-0.39, 0.29) is 11.5 Å². The number of ether oxygens (including phenoxy) is 1. The third kappa shape index (κ3) is 2.89. The van der Waals surface area contributed by atoms with Crippen molar-refractivity contribution >= 4 is 11.7 Å². The highest BCUT2D eigenvalue weighted by Crippen LogP contribution is 2.28. The number of nitro benzene ring substituents is 1. The van der Waals surface area contributed by atoms with Gasteiger partial charge in [-0.25, -0.2) is 9.18 Å². The Morgan fingerprint density at radius 3 is 2.50 bits per heavy atom. The molecular weight excluding hydrogens is 269 g/mol. The second kappa shape index (κ2) is 5.35. The molecule has 20 heavy (non-hydrogen) atoms. The fraction of sp³-hybridized carbons (Fsp3) is 0. The van der Waals surface area contributed by atoms with Crippen LogP contribution in [0.25, 0.3) is 0 Å². The van der Waals surface area contributed by atoms with E-state index in [1.54, 1.807) is 0 Å². The quantitative estimate of drug-likeness (QED) is 0.684. The number of aromatic carboxylic acids is 1. The van der Waals surface area contributed by atoms with Crippen LogP contribution >= 0.6 is 0 Å². The maximum absolute atomic E-state index is 13.0. The number of rotatable bonds is 4. The number of hydrogen-bond donors (Lipinski definition) is 1. The molecule has 0 amide bonds. The molecule has 0 atom stereocenters.